The summed E-state index contributed by atoms with van der Waals surface area (Å²) >= 11 is 0. The predicted octanol–water partition coefficient (Wildman–Crippen LogP) is 2.94. The molecule has 2 fully saturated rings. The number of hydrogen-bond acceptors (Lipinski definition) is 6. The molecule has 2 aliphatic rings. The van der Waals surface area contributed by atoms with Gasteiger partial charge in [0.15, 0.2) is 0 Å². The molecule has 3 heterocycles. The van der Waals surface area contributed by atoms with Crippen LogP contribution in [0.4, 0.5) is 5.82 Å². The molecule has 34 heavy (non-hydrogen) atoms. The van der Waals surface area contributed by atoms with Gasteiger partial charge in [-0.2, -0.15) is 0 Å². The number of pyridine rings is 1. The third-order valence-corrected chi connectivity index (χ3v) is 7.14. The van der Waals surface area contributed by atoms with Gasteiger partial charge in [-0.3, -0.25) is 14.6 Å². The van der Waals surface area contributed by atoms with Gasteiger partial charge in [0.2, 0.25) is 0 Å². The first-order valence-corrected chi connectivity index (χ1v) is 12.6. The lowest BCUT2D eigenvalue weighted by atomic mass is 10.0. The van der Waals surface area contributed by atoms with Gasteiger partial charge in [-0.05, 0) is 62.5 Å². The Morgan fingerprint density at radius 1 is 1.03 bits per heavy atom. The molecule has 1 N–H and O–H groups in total. The fourth-order valence-corrected chi connectivity index (χ4v) is 5.09. The molecular weight excluding hydrogens is 426 g/mol. The number of aryl methyl sites for hydroxylation is 1. The number of piperidine rings is 1. The third-order valence-electron chi connectivity index (χ3n) is 7.14. The van der Waals surface area contributed by atoms with Crippen LogP contribution in [0.2, 0.25) is 0 Å². The molecule has 0 saturated carbocycles. The molecule has 0 atom stereocenters. The second-order valence-corrected chi connectivity index (χ2v) is 9.44. The number of carbonyl (C=O) groups is 1. The zero-order valence-electron chi connectivity index (χ0n) is 20.7. The molecule has 7 nitrogen and oxygen atoms in total. The molecule has 0 aliphatic carbocycles. The van der Waals surface area contributed by atoms with E-state index in [-0.39, 0.29) is 5.91 Å². The van der Waals surface area contributed by atoms with E-state index in [1.807, 2.05) is 12.1 Å². The Labute approximate surface area is 204 Å². The highest BCUT2D eigenvalue weighted by molar-refractivity contribution is 5.92. The van der Waals surface area contributed by atoms with E-state index < -0.39 is 0 Å². The van der Waals surface area contributed by atoms with Crippen LogP contribution in [0, 0.1) is 6.92 Å². The van der Waals surface area contributed by atoms with Crippen LogP contribution in [0.3, 0.4) is 0 Å². The van der Waals surface area contributed by atoms with Crippen molar-refractivity contribution in [2.75, 3.05) is 64.4 Å². The number of likely N-dealkylation sites (tertiary alicyclic amines) is 1. The molecular formula is C27H39N5O2. The van der Waals surface area contributed by atoms with Crippen LogP contribution >= 0.6 is 0 Å². The summed E-state index contributed by atoms with van der Waals surface area (Å²) in [4.78, 5) is 24.7. The molecule has 0 bridgehead atoms. The zero-order chi connectivity index (χ0) is 23.8. The van der Waals surface area contributed by atoms with Crippen molar-refractivity contribution in [3.8, 4) is 0 Å². The van der Waals surface area contributed by atoms with Crippen LogP contribution in [0.25, 0.3) is 0 Å². The molecule has 1 aromatic carbocycles. The topological polar surface area (TPSA) is 60.9 Å². The lowest BCUT2D eigenvalue weighted by Gasteiger charge is -2.38. The lowest BCUT2D eigenvalue weighted by Crippen LogP contribution is -2.46. The van der Waals surface area contributed by atoms with Crippen LogP contribution in [0.1, 0.15) is 40.9 Å². The summed E-state index contributed by atoms with van der Waals surface area (Å²) in [6.07, 6.45) is 3.60. The SMILES string of the molecule is COCCNC(=O)c1cccc(N2CCCN(C3CCN(Cc4ccccc4C)CC3)CC2)n1. The van der Waals surface area contributed by atoms with Crippen molar-refractivity contribution < 1.29 is 9.53 Å². The molecule has 2 aromatic rings. The minimum atomic E-state index is -0.146. The number of methoxy groups -OCH3 is 1. The Bertz CT molecular complexity index is 929. The van der Waals surface area contributed by atoms with E-state index in [0.717, 1.165) is 45.0 Å². The maximum Gasteiger partial charge on any atom is 0.270 e. The Kier molecular flexibility index (Phi) is 8.91. The number of anilines is 1. The monoisotopic (exact) mass is 465 g/mol. The molecule has 1 aromatic heterocycles. The number of aromatic nitrogens is 1. The van der Waals surface area contributed by atoms with E-state index in [1.54, 1.807) is 13.2 Å². The summed E-state index contributed by atoms with van der Waals surface area (Å²) in [6, 6.07) is 15.1. The van der Waals surface area contributed by atoms with Gasteiger partial charge in [0.1, 0.15) is 11.5 Å². The van der Waals surface area contributed by atoms with Gasteiger partial charge >= 0.3 is 0 Å². The van der Waals surface area contributed by atoms with Crippen molar-refractivity contribution in [3.63, 3.8) is 0 Å². The second-order valence-electron chi connectivity index (χ2n) is 9.44. The fraction of sp³-hybridized carbons (Fsp3) is 0.556. The Balaban J connectivity index is 1.27. The quantitative estimate of drug-likeness (QED) is 0.605. The van der Waals surface area contributed by atoms with Gasteiger partial charge in [0, 0.05) is 52.4 Å². The number of amides is 1. The predicted molar refractivity (Wildman–Crippen MR) is 136 cm³/mol. The van der Waals surface area contributed by atoms with Gasteiger partial charge in [-0.1, -0.05) is 30.3 Å². The van der Waals surface area contributed by atoms with Crippen molar-refractivity contribution in [3.05, 3.63) is 59.3 Å². The molecule has 2 aliphatic heterocycles. The van der Waals surface area contributed by atoms with Gasteiger partial charge in [0.25, 0.3) is 5.91 Å². The first kappa shape index (κ1) is 24.6. The number of ether oxygens (including phenoxy) is 1. The molecule has 1 amide bonds. The summed E-state index contributed by atoms with van der Waals surface area (Å²) in [5.74, 6) is 0.752. The van der Waals surface area contributed by atoms with E-state index in [9.17, 15) is 4.79 Å². The highest BCUT2D eigenvalue weighted by atomic mass is 16.5. The minimum Gasteiger partial charge on any atom is -0.383 e. The summed E-state index contributed by atoms with van der Waals surface area (Å²) in [5.41, 5.74) is 3.31. The first-order chi connectivity index (χ1) is 16.6. The van der Waals surface area contributed by atoms with Crippen molar-refractivity contribution in [1.82, 2.24) is 20.1 Å². The van der Waals surface area contributed by atoms with Crippen molar-refractivity contribution in [2.45, 2.75) is 38.8 Å². The third kappa shape index (κ3) is 6.56. The molecule has 7 heteroatoms. The molecule has 184 valence electrons. The first-order valence-electron chi connectivity index (χ1n) is 12.6. The highest BCUT2D eigenvalue weighted by Gasteiger charge is 2.27. The molecule has 2 saturated heterocycles. The smallest absolute Gasteiger partial charge is 0.270 e. The number of nitrogens with zero attached hydrogens (tertiary/aromatic N) is 4. The molecule has 0 radical (unpaired) electrons. The number of rotatable bonds is 8. The van der Waals surface area contributed by atoms with Gasteiger partial charge in [-0.25, -0.2) is 4.98 Å². The fourth-order valence-electron chi connectivity index (χ4n) is 5.09. The van der Waals surface area contributed by atoms with Crippen molar-refractivity contribution in [2.24, 2.45) is 0 Å². The van der Waals surface area contributed by atoms with Gasteiger partial charge in [-0.15, -0.1) is 0 Å². The van der Waals surface area contributed by atoms with Crippen molar-refractivity contribution >= 4 is 11.7 Å². The average molecular weight is 466 g/mol. The van der Waals surface area contributed by atoms with Crippen LogP contribution in [-0.2, 0) is 11.3 Å². The van der Waals surface area contributed by atoms with Gasteiger partial charge in [0.05, 0.1) is 6.61 Å². The zero-order valence-corrected chi connectivity index (χ0v) is 20.7. The number of nitrogens with one attached hydrogen (secondary N) is 1. The van der Waals surface area contributed by atoms with E-state index in [0.29, 0.717) is 24.9 Å². The highest BCUT2D eigenvalue weighted by Crippen LogP contribution is 2.22. The lowest BCUT2D eigenvalue weighted by molar-refractivity contribution is 0.0932. The molecule has 0 spiro atoms. The van der Waals surface area contributed by atoms with Crippen LogP contribution in [0.5, 0.6) is 0 Å². The van der Waals surface area contributed by atoms with Crippen LogP contribution < -0.4 is 10.2 Å². The number of hydrogen-bond donors (Lipinski definition) is 1. The van der Waals surface area contributed by atoms with Crippen molar-refractivity contribution in [1.29, 1.82) is 0 Å². The normalized spacial score (nSPS) is 18.6. The Morgan fingerprint density at radius 2 is 1.85 bits per heavy atom. The summed E-state index contributed by atoms with van der Waals surface area (Å²) in [5, 5.41) is 2.86. The van der Waals surface area contributed by atoms with E-state index in [2.05, 4.69) is 56.2 Å². The van der Waals surface area contributed by atoms with E-state index >= 15 is 0 Å². The summed E-state index contributed by atoms with van der Waals surface area (Å²) in [6.45, 7) is 10.7. The summed E-state index contributed by atoms with van der Waals surface area (Å²) < 4.78 is 5.01. The Hall–Kier alpha value is -2.48. The number of carbonyl (C=O) groups excluding carboxylic acids is 1. The van der Waals surface area contributed by atoms with E-state index in [1.165, 1.54) is 37.1 Å². The van der Waals surface area contributed by atoms with Crippen LogP contribution in [0.15, 0.2) is 42.5 Å². The maximum atomic E-state index is 12.4. The minimum absolute atomic E-state index is 0.146. The molecule has 4 rings (SSSR count). The van der Waals surface area contributed by atoms with Crippen LogP contribution in [-0.4, -0.2) is 86.3 Å². The van der Waals surface area contributed by atoms with E-state index in [4.69, 9.17) is 4.74 Å². The maximum absolute atomic E-state index is 12.4. The molecule has 0 unspecified atom stereocenters. The average Bonchev–Trinajstić information content (AvgIpc) is 3.13. The summed E-state index contributed by atoms with van der Waals surface area (Å²) in [7, 11) is 1.63. The Morgan fingerprint density at radius 3 is 2.65 bits per heavy atom. The number of benzene rings is 1. The second kappa shape index (κ2) is 12.3. The standard InChI is InChI=1S/C27H39N5O2/c1-22-7-3-4-8-23(22)21-30-16-11-24(12-17-30)31-14-6-15-32(19-18-31)26-10-5-9-25(29-26)27(33)28-13-20-34-2/h3-5,7-10,24H,6,11-21H2,1-2H3,(H,28,33). The largest absolute Gasteiger partial charge is 0.383 e. The van der Waals surface area contributed by atoms with Gasteiger partial charge < -0.3 is 15.0 Å².